The lowest BCUT2D eigenvalue weighted by Gasteiger charge is -2.35. The highest BCUT2D eigenvalue weighted by atomic mass is 35.5. The van der Waals surface area contributed by atoms with Crippen LogP contribution < -0.4 is 15.5 Å². The Bertz CT molecular complexity index is 1000. The molecule has 0 spiro atoms. The van der Waals surface area contributed by atoms with Gasteiger partial charge >= 0.3 is 6.03 Å². The van der Waals surface area contributed by atoms with Crippen molar-refractivity contribution in [2.45, 2.75) is 6.92 Å². The average Bonchev–Trinajstić information content (AvgIpc) is 2.76. The molecule has 3 heterocycles. The van der Waals surface area contributed by atoms with Gasteiger partial charge in [0.1, 0.15) is 5.82 Å². The van der Waals surface area contributed by atoms with Crippen molar-refractivity contribution < 1.29 is 4.79 Å². The van der Waals surface area contributed by atoms with E-state index in [9.17, 15) is 4.79 Å². The summed E-state index contributed by atoms with van der Waals surface area (Å²) in [6.45, 7) is 4.56. The van der Waals surface area contributed by atoms with Gasteiger partial charge in [-0.05, 0) is 48.9 Å². The highest BCUT2D eigenvalue weighted by Gasteiger charge is 2.22. The van der Waals surface area contributed by atoms with Crippen LogP contribution in [-0.4, -0.2) is 52.3 Å². The number of anilines is 4. The number of hydrogen-bond donors (Lipinski definition) is 2. The number of nitrogens with one attached hydrogen (secondary N) is 2. The molecule has 1 aliphatic heterocycles. The summed E-state index contributed by atoms with van der Waals surface area (Å²) in [4.78, 5) is 20.7. The Morgan fingerprint density at radius 2 is 1.80 bits per heavy atom. The molecule has 1 aliphatic rings. The van der Waals surface area contributed by atoms with Crippen molar-refractivity contribution in [1.29, 1.82) is 0 Å². The molecule has 1 fully saturated rings. The zero-order chi connectivity index (χ0) is 20.9. The Morgan fingerprint density at radius 1 is 1.00 bits per heavy atom. The van der Waals surface area contributed by atoms with Crippen LogP contribution in [0, 0.1) is 6.92 Å². The van der Waals surface area contributed by atoms with Crippen LogP contribution in [0.5, 0.6) is 0 Å². The summed E-state index contributed by atoms with van der Waals surface area (Å²) >= 11 is 5.97. The summed E-state index contributed by atoms with van der Waals surface area (Å²) in [5, 5.41) is 15.2. The van der Waals surface area contributed by atoms with E-state index in [4.69, 9.17) is 11.6 Å². The molecule has 4 rings (SSSR count). The van der Waals surface area contributed by atoms with Crippen LogP contribution in [0.2, 0.25) is 5.02 Å². The number of carbonyl (C=O) groups excluding carboxylic acids is 1. The third-order valence-corrected chi connectivity index (χ3v) is 5.02. The number of aryl methyl sites for hydroxylation is 1. The molecule has 0 bridgehead atoms. The lowest BCUT2D eigenvalue weighted by molar-refractivity contribution is 0.208. The van der Waals surface area contributed by atoms with Gasteiger partial charge in [0.15, 0.2) is 11.6 Å². The summed E-state index contributed by atoms with van der Waals surface area (Å²) in [6.07, 6.45) is 1.80. The number of benzene rings is 1. The van der Waals surface area contributed by atoms with Crippen molar-refractivity contribution in [2.24, 2.45) is 0 Å². The van der Waals surface area contributed by atoms with Crippen LogP contribution in [0.1, 0.15) is 5.56 Å². The number of hydrogen-bond acceptors (Lipinski definition) is 6. The van der Waals surface area contributed by atoms with Crippen molar-refractivity contribution in [2.75, 3.05) is 41.7 Å². The maximum atomic E-state index is 12.5. The third kappa shape index (κ3) is 4.96. The number of carbonyl (C=O) groups is 1. The molecule has 1 aromatic carbocycles. The zero-order valence-corrected chi connectivity index (χ0v) is 17.3. The predicted molar refractivity (Wildman–Crippen MR) is 119 cm³/mol. The summed E-state index contributed by atoms with van der Waals surface area (Å²) in [5.41, 5.74) is 1.79. The van der Waals surface area contributed by atoms with Gasteiger partial charge in [-0.1, -0.05) is 23.7 Å². The lowest BCUT2D eigenvalue weighted by Crippen LogP contribution is -2.50. The second-order valence-electron chi connectivity index (χ2n) is 7.04. The Balaban J connectivity index is 1.30. The van der Waals surface area contributed by atoms with Crippen LogP contribution in [0.25, 0.3) is 0 Å². The van der Waals surface area contributed by atoms with Crippen molar-refractivity contribution in [3.63, 3.8) is 0 Å². The fraction of sp³-hybridized carbons (Fsp3) is 0.238. The van der Waals surface area contributed by atoms with Gasteiger partial charge in [0.05, 0.1) is 0 Å². The summed E-state index contributed by atoms with van der Waals surface area (Å²) < 4.78 is 0. The second kappa shape index (κ2) is 8.96. The molecule has 0 unspecified atom stereocenters. The van der Waals surface area contributed by atoms with E-state index in [2.05, 4.69) is 30.7 Å². The number of halogens is 1. The molecule has 1 saturated heterocycles. The van der Waals surface area contributed by atoms with Gasteiger partial charge in [0.2, 0.25) is 0 Å². The van der Waals surface area contributed by atoms with Crippen molar-refractivity contribution in [1.82, 2.24) is 20.1 Å². The molecule has 9 heteroatoms. The monoisotopic (exact) mass is 423 g/mol. The highest BCUT2D eigenvalue weighted by Crippen LogP contribution is 2.18. The van der Waals surface area contributed by atoms with Crippen molar-refractivity contribution in [3.05, 3.63) is 65.3 Å². The molecular weight excluding hydrogens is 402 g/mol. The predicted octanol–water partition coefficient (Wildman–Crippen LogP) is 3.93. The molecule has 2 amide bonds. The first-order valence-electron chi connectivity index (χ1n) is 9.67. The number of aromatic nitrogens is 3. The maximum Gasteiger partial charge on any atom is 0.321 e. The third-order valence-electron chi connectivity index (χ3n) is 4.78. The Hall–Kier alpha value is -3.39. The molecule has 2 aromatic heterocycles. The normalized spacial score (nSPS) is 13.8. The van der Waals surface area contributed by atoms with Crippen LogP contribution >= 0.6 is 11.6 Å². The van der Waals surface area contributed by atoms with E-state index in [-0.39, 0.29) is 6.03 Å². The van der Waals surface area contributed by atoms with Crippen molar-refractivity contribution >= 4 is 40.8 Å². The van der Waals surface area contributed by atoms with Crippen molar-refractivity contribution in [3.8, 4) is 0 Å². The van der Waals surface area contributed by atoms with Gasteiger partial charge in [0, 0.05) is 43.1 Å². The van der Waals surface area contributed by atoms with Crippen LogP contribution in [0.4, 0.5) is 27.9 Å². The van der Waals surface area contributed by atoms with E-state index < -0.39 is 0 Å². The number of nitrogens with zero attached hydrogens (tertiary/aromatic N) is 5. The second-order valence-corrected chi connectivity index (χ2v) is 7.47. The Morgan fingerprint density at radius 3 is 2.47 bits per heavy atom. The van der Waals surface area contributed by atoms with E-state index >= 15 is 0 Å². The van der Waals surface area contributed by atoms with Gasteiger partial charge in [-0.2, -0.15) is 0 Å². The van der Waals surface area contributed by atoms with Gasteiger partial charge in [0.25, 0.3) is 0 Å². The SMILES string of the molecule is Cc1ccc(Nc2ccc(N3CCN(C(=O)Nc4cccc(Cl)c4)CC3)nn2)nc1. The van der Waals surface area contributed by atoms with E-state index in [0.29, 0.717) is 42.7 Å². The number of amides is 2. The van der Waals surface area contributed by atoms with Crippen LogP contribution in [0.15, 0.2) is 54.7 Å². The average molecular weight is 424 g/mol. The van der Waals surface area contributed by atoms with Gasteiger partial charge in [-0.25, -0.2) is 9.78 Å². The fourth-order valence-corrected chi connectivity index (χ4v) is 3.33. The molecule has 0 atom stereocenters. The van der Waals surface area contributed by atoms with E-state index in [0.717, 1.165) is 17.2 Å². The van der Waals surface area contributed by atoms with E-state index in [1.165, 1.54) is 0 Å². The fourth-order valence-electron chi connectivity index (χ4n) is 3.14. The van der Waals surface area contributed by atoms with Gasteiger partial charge in [-0.15, -0.1) is 10.2 Å². The first-order valence-corrected chi connectivity index (χ1v) is 10.0. The minimum Gasteiger partial charge on any atom is -0.352 e. The minimum absolute atomic E-state index is 0.131. The molecule has 2 N–H and O–H groups in total. The van der Waals surface area contributed by atoms with Gasteiger partial charge in [-0.3, -0.25) is 0 Å². The van der Waals surface area contributed by atoms with Crippen LogP contribution in [-0.2, 0) is 0 Å². The Labute approximate surface area is 179 Å². The topological polar surface area (TPSA) is 86.3 Å². The Kier molecular flexibility index (Phi) is 5.94. The molecular formula is C21H22ClN7O. The number of pyridine rings is 1. The number of urea groups is 1. The molecule has 30 heavy (non-hydrogen) atoms. The molecule has 3 aromatic rings. The zero-order valence-electron chi connectivity index (χ0n) is 16.5. The number of rotatable bonds is 4. The highest BCUT2D eigenvalue weighted by molar-refractivity contribution is 6.30. The summed E-state index contributed by atoms with van der Waals surface area (Å²) in [5.74, 6) is 2.14. The van der Waals surface area contributed by atoms with E-state index in [1.807, 2.05) is 43.3 Å². The molecule has 0 saturated carbocycles. The molecule has 0 radical (unpaired) electrons. The standard InChI is InChI=1S/C21H22ClN7O/c1-15-5-6-18(23-14-15)25-19-7-8-20(27-26-19)28-9-11-29(12-10-28)21(30)24-17-4-2-3-16(22)13-17/h2-8,13-14H,9-12H2,1H3,(H,24,30)(H,23,25,26). The molecule has 154 valence electrons. The first-order chi connectivity index (χ1) is 14.6. The minimum atomic E-state index is -0.131. The largest absolute Gasteiger partial charge is 0.352 e. The summed E-state index contributed by atoms with van der Waals surface area (Å²) in [6, 6.07) is 14.7. The quantitative estimate of drug-likeness (QED) is 0.661. The number of piperazine rings is 1. The molecule has 8 nitrogen and oxygen atoms in total. The summed E-state index contributed by atoms with van der Waals surface area (Å²) in [7, 11) is 0. The first kappa shape index (κ1) is 19.9. The molecule has 0 aliphatic carbocycles. The van der Waals surface area contributed by atoms with Crippen LogP contribution in [0.3, 0.4) is 0 Å². The smallest absolute Gasteiger partial charge is 0.321 e. The lowest BCUT2D eigenvalue weighted by atomic mass is 10.3. The van der Waals surface area contributed by atoms with E-state index in [1.54, 1.807) is 23.2 Å². The maximum absolute atomic E-state index is 12.5. The van der Waals surface area contributed by atoms with Gasteiger partial charge < -0.3 is 20.4 Å².